The summed E-state index contributed by atoms with van der Waals surface area (Å²) in [6.45, 7) is 6.81. The van der Waals surface area contributed by atoms with Crippen molar-refractivity contribution in [3.63, 3.8) is 0 Å². The Labute approximate surface area is 192 Å². The van der Waals surface area contributed by atoms with E-state index in [2.05, 4.69) is 32.4 Å². The average Bonchev–Trinajstić information content (AvgIpc) is 3.30. The van der Waals surface area contributed by atoms with E-state index in [1.54, 1.807) is 12.3 Å². The van der Waals surface area contributed by atoms with Gasteiger partial charge in [-0.25, -0.2) is 4.99 Å². The smallest absolute Gasteiger partial charge is 0.213 e. The van der Waals surface area contributed by atoms with Gasteiger partial charge in [0.05, 0.1) is 23.8 Å². The predicted octanol–water partition coefficient (Wildman–Crippen LogP) is 2.09. The number of nitrogens with one attached hydrogen (secondary N) is 2. The van der Waals surface area contributed by atoms with Crippen LogP contribution < -0.4 is 10.6 Å². The van der Waals surface area contributed by atoms with Crippen LogP contribution in [-0.2, 0) is 4.57 Å². The number of hydrazone groups is 1. The van der Waals surface area contributed by atoms with Gasteiger partial charge in [0.25, 0.3) is 0 Å². The van der Waals surface area contributed by atoms with Gasteiger partial charge < -0.3 is 20.4 Å². The summed E-state index contributed by atoms with van der Waals surface area (Å²) in [6.07, 6.45) is 6.01. The zero-order valence-electron chi connectivity index (χ0n) is 18.5. The second-order valence-electron chi connectivity index (χ2n) is 7.70. The van der Waals surface area contributed by atoms with Gasteiger partial charge in [0.2, 0.25) is 13.7 Å². The summed E-state index contributed by atoms with van der Waals surface area (Å²) in [5, 5.41) is 32.9. The molecule has 2 aliphatic heterocycles. The molecule has 0 aromatic heterocycles. The molecule has 2 heterocycles. The molecule has 0 aliphatic carbocycles. The maximum absolute atomic E-state index is 11.9. The molecule has 2 aliphatic rings. The summed E-state index contributed by atoms with van der Waals surface area (Å²) in [7, 11) is -3.33. The molecule has 5 unspecified atom stereocenters. The van der Waals surface area contributed by atoms with Gasteiger partial charge in [-0.3, -0.25) is 19.9 Å². The standard InChI is InChI=1S/C22H29N6O4P/c1-4-15(10-11-23-2)19(16-8-6-5-7-9-16)26-20(29)18-13-24-22(27-21(18)30)28-14-17(12-25-28)33(3,31)32/h4-13,17,19-20,22,26-27,29-30H,2,14H2,1,3H3,(H,31,32)/b11-10-,15-4+. The van der Waals surface area contributed by atoms with Crippen LogP contribution >= 0.6 is 7.37 Å². The Kier molecular flexibility index (Phi) is 7.99. The molecule has 11 heteroatoms. The Bertz CT molecular complexity index is 1050. The number of nitrogens with zero attached hydrogens (tertiary/aromatic N) is 4. The van der Waals surface area contributed by atoms with Crippen LogP contribution in [-0.4, -0.2) is 70.6 Å². The summed E-state index contributed by atoms with van der Waals surface area (Å²) < 4.78 is 11.9. The van der Waals surface area contributed by atoms with E-state index in [1.807, 2.05) is 43.3 Å². The minimum Gasteiger partial charge on any atom is -0.494 e. The van der Waals surface area contributed by atoms with Crippen LogP contribution in [0, 0.1) is 0 Å². The van der Waals surface area contributed by atoms with Crippen molar-refractivity contribution in [3.8, 4) is 0 Å². The van der Waals surface area contributed by atoms with E-state index in [0.29, 0.717) is 0 Å². The van der Waals surface area contributed by atoms with E-state index < -0.39 is 31.6 Å². The average molecular weight is 472 g/mol. The summed E-state index contributed by atoms with van der Waals surface area (Å²) in [5.74, 6) is -0.269. The van der Waals surface area contributed by atoms with Crippen molar-refractivity contribution < 1.29 is 19.7 Å². The van der Waals surface area contributed by atoms with Gasteiger partial charge >= 0.3 is 0 Å². The van der Waals surface area contributed by atoms with Crippen molar-refractivity contribution in [1.82, 2.24) is 15.6 Å². The number of rotatable bonds is 9. The molecule has 0 fully saturated rings. The van der Waals surface area contributed by atoms with Crippen molar-refractivity contribution in [2.45, 2.75) is 31.1 Å². The molecule has 1 aromatic carbocycles. The molecule has 3 rings (SSSR count). The van der Waals surface area contributed by atoms with E-state index in [0.717, 1.165) is 11.1 Å². The Morgan fingerprint density at radius 1 is 1.42 bits per heavy atom. The van der Waals surface area contributed by atoms with Crippen LogP contribution in [0.5, 0.6) is 0 Å². The highest BCUT2D eigenvalue weighted by molar-refractivity contribution is 7.58. The van der Waals surface area contributed by atoms with Crippen molar-refractivity contribution in [3.05, 3.63) is 71.3 Å². The summed E-state index contributed by atoms with van der Waals surface area (Å²) >= 11 is 0. The fraction of sp³-hybridized carbons (Fsp3) is 0.318. The normalized spacial score (nSPS) is 24.6. The molecule has 0 bridgehead atoms. The largest absolute Gasteiger partial charge is 0.494 e. The highest BCUT2D eigenvalue weighted by Gasteiger charge is 2.35. The zero-order valence-corrected chi connectivity index (χ0v) is 19.4. The minimum absolute atomic E-state index is 0.150. The third kappa shape index (κ3) is 6.06. The van der Waals surface area contributed by atoms with Crippen molar-refractivity contribution in [1.29, 1.82) is 0 Å². The third-order valence-corrected chi connectivity index (χ3v) is 6.87. The molecule has 0 amide bonds. The summed E-state index contributed by atoms with van der Waals surface area (Å²) in [6, 6.07) is 9.15. The van der Waals surface area contributed by atoms with Crippen molar-refractivity contribution >= 4 is 26.5 Å². The first-order valence-electron chi connectivity index (χ1n) is 10.4. The monoisotopic (exact) mass is 472 g/mol. The fourth-order valence-corrected chi connectivity index (χ4v) is 4.25. The first kappa shape index (κ1) is 24.6. The van der Waals surface area contributed by atoms with Crippen LogP contribution in [0.15, 0.2) is 80.8 Å². The number of allylic oxidation sites excluding steroid dienone is 1. The summed E-state index contributed by atoms with van der Waals surface area (Å²) in [4.78, 5) is 17.8. The van der Waals surface area contributed by atoms with Gasteiger partial charge in [-0.1, -0.05) is 36.4 Å². The van der Waals surface area contributed by atoms with E-state index in [4.69, 9.17) is 0 Å². The second-order valence-corrected chi connectivity index (χ2v) is 10.2. The maximum atomic E-state index is 11.9. The van der Waals surface area contributed by atoms with Crippen LogP contribution in [0.1, 0.15) is 18.5 Å². The predicted molar refractivity (Wildman–Crippen MR) is 131 cm³/mol. The highest BCUT2D eigenvalue weighted by Crippen LogP contribution is 2.43. The van der Waals surface area contributed by atoms with E-state index in [9.17, 15) is 19.7 Å². The van der Waals surface area contributed by atoms with Crippen molar-refractivity contribution in [2.24, 2.45) is 15.1 Å². The number of aliphatic hydroxyl groups is 2. The molecule has 0 radical (unpaired) electrons. The molecule has 5 atom stereocenters. The molecule has 33 heavy (non-hydrogen) atoms. The Hall–Kier alpha value is -3.04. The fourth-order valence-electron chi connectivity index (χ4n) is 3.47. The lowest BCUT2D eigenvalue weighted by Crippen LogP contribution is -2.46. The Morgan fingerprint density at radius 2 is 2.15 bits per heavy atom. The number of aliphatic hydroxyl groups excluding tert-OH is 2. The van der Waals surface area contributed by atoms with Gasteiger partial charge in [0, 0.05) is 25.3 Å². The quantitative estimate of drug-likeness (QED) is 0.160. The zero-order chi connectivity index (χ0) is 24.0. The minimum atomic E-state index is -3.33. The second kappa shape index (κ2) is 10.7. The lowest BCUT2D eigenvalue weighted by Gasteiger charge is -2.30. The molecule has 10 nitrogen and oxygen atoms in total. The molecule has 1 aromatic rings. The van der Waals surface area contributed by atoms with Crippen molar-refractivity contribution in [2.75, 3.05) is 13.2 Å². The molecule has 5 N–H and O–H groups in total. The lowest BCUT2D eigenvalue weighted by atomic mass is 9.97. The molecular formula is C22H29N6O4P. The Morgan fingerprint density at radius 3 is 2.73 bits per heavy atom. The summed E-state index contributed by atoms with van der Waals surface area (Å²) in [5.41, 5.74) is 1.30. The maximum Gasteiger partial charge on any atom is 0.213 e. The van der Waals surface area contributed by atoms with Crippen LogP contribution in [0.3, 0.4) is 0 Å². The third-order valence-electron chi connectivity index (χ3n) is 5.34. The van der Waals surface area contributed by atoms with Crippen LogP contribution in [0.4, 0.5) is 0 Å². The first-order chi connectivity index (χ1) is 15.7. The first-order valence-corrected chi connectivity index (χ1v) is 12.5. The molecule has 176 valence electrons. The van der Waals surface area contributed by atoms with Gasteiger partial charge in [-0.15, -0.1) is 0 Å². The SMILES string of the molecule is C=N/C=C\C(=C/C)C(NC(O)C1=C(O)NC(N2CC(P(C)(=O)O)C=N2)N=C1)c1ccccc1. The van der Waals surface area contributed by atoms with Gasteiger partial charge in [-0.05, 0) is 30.9 Å². The molecule has 0 spiro atoms. The van der Waals surface area contributed by atoms with E-state index in [1.165, 1.54) is 24.1 Å². The number of hydrogen-bond donors (Lipinski definition) is 5. The number of benzene rings is 1. The number of aliphatic imine (C=N–C) groups is 2. The Balaban J connectivity index is 1.75. The molecule has 0 saturated heterocycles. The highest BCUT2D eigenvalue weighted by atomic mass is 31.2. The van der Waals surface area contributed by atoms with Crippen LogP contribution in [0.2, 0.25) is 0 Å². The molecule has 0 saturated carbocycles. The van der Waals surface area contributed by atoms with Gasteiger partial charge in [0.15, 0.2) is 5.88 Å². The van der Waals surface area contributed by atoms with Gasteiger partial charge in [-0.2, -0.15) is 5.10 Å². The lowest BCUT2D eigenvalue weighted by molar-refractivity contribution is 0.145. The van der Waals surface area contributed by atoms with Gasteiger partial charge in [0.1, 0.15) is 6.23 Å². The topological polar surface area (TPSA) is 142 Å². The molecular weight excluding hydrogens is 443 g/mol. The van der Waals surface area contributed by atoms with Crippen LogP contribution in [0.25, 0.3) is 0 Å². The van der Waals surface area contributed by atoms with E-state index >= 15 is 0 Å². The number of hydrogen-bond acceptors (Lipinski definition) is 9. The van der Waals surface area contributed by atoms with E-state index in [-0.39, 0.29) is 18.0 Å².